The molecule has 2 aliphatic heterocycles. The highest BCUT2D eigenvalue weighted by atomic mass is 15.2. The molecular weight excluding hydrogens is 228 g/mol. The number of nitrogens with zero attached hydrogens (tertiary/aromatic N) is 3. The Kier molecular flexibility index (Phi) is 5.49. The largest absolute Gasteiger partial charge is 0.318 e. The molecule has 2 aliphatic rings. The minimum atomic E-state index is 0.391. The number of hydrogen-bond acceptors (Lipinski definition) is 6. The predicted octanol–water partition coefficient (Wildman–Crippen LogP) is -0.645. The Morgan fingerprint density at radius 2 is 2.11 bits per heavy atom. The van der Waals surface area contributed by atoms with Crippen molar-refractivity contribution < 1.29 is 0 Å². The van der Waals surface area contributed by atoms with Crippen LogP contribution in [0.3, 0.4) is 0 Å². The van der Waals surface area contributed by atoms with Gasteiger partial charge in [0.15, 0.2) is 0 Å². The van der Waals surface area contributed by atoms with E-state index in [9.17, 15) is 0 Å². The van der Waals surface area contributed by atoms with Gasteiger partial charge in [0.1, 0.15) is 0 Å². The lowest BCUT2D eigenvalue weighted by molar-refractivity contribution is 0.223. The maximum atomic E-state index is 4.48. The summed E-state index contributed by atoms with van der Waals surface area (Å²) in [6, 6.07) is 0.391. The smallest absolute Gasteiger partial charge is 0.0819 e. The lowest BCUT2D eigenvalue weighted by Gasteiger charge is -2.31. The SMILES string of the molecule is CNCCN(C)CC1CN=NC1C1CNCNC1. The van der Waals surface area contributed by atoms with Crippen LogP contribution in [0.15, 0.2) is 10.2 Å². The van der Waals surface area contributed by atoms with Crippen molar-refractivity contribution in [3.8, 4) is 0 Å². The zero-order valence-corrected chi connectivity index (χ0v) is 11.5. The third-order valence-electron chi connectivity index (χ3n) is 3.85. The van der Waals surface area contributed by atoms with Crippen molar-refractivity contribution in [1.29, 1.82) is 0 Å². The molecule has 6 heteroatoms. The summed E-state index contributed by atoms with van der Waals surface area (Å²) < 4.78 is 0. The summed E-state index contributed by atoms with van der Waals surface area (Å²) in [5.74, 6) is 1.17. The second kappa shape index (κ2) is 7.13. The van der Waals surface area contributed by atoms with Crippen LogP contribution in [0, 0.1) is 11.8 Å². The number of likely N-dealkylation sites (N-methyl/N-ethyl adjacent to an activating group) is 2. The first-order valence-electron chi connectivity index (χ1n) is 6.92. The van der Waals surface area contributed by atoms with Gasteiger partial charge >= 0.3 is 0 Å². The first-order chi connectivity index (χ1) is 8.81. The quantitative estimate of drug-likeness (QED) is 0.590. The van der Waals surface area contributed by atoms with Gasteiger partial charge in [0.25, 0.3) is 0 Å². The van der Waals surface area contributed by atoms with Crippen LogP contribution in [0.2, 0.25) is 0 Å². The fraction of sp³-hybridized carbons (Fsp3) is 1.00. The molecule has 0 amide bonds. The van der Waals surface area contributed by atoms with Crippen molar-refractivity contribution in [2.45, 2.75) is 6.04 Å². The second-order valence-corrected chi connectivity index (χ2v) is 5.40. The van der Waals surface area contributed by atoms with E-state index in [4.69, 9.17) is 0 Å². The van der Waals surface area contributed by atoms with E-state index < -0.39 is 0 Å². The normalized spacial score (nSPS) is 29.3. The predicted molar refractivity (Wildman–Crippen MR) is 72.8 cm³/mol. The molecule has 2 heterocycles. The van der Waals surface area contributed by atoms with E-state index in [-0.39, 0.29) is 0 Å². The molecule has 0 spiro atoms. The van der Waals surface area contributed by atoms with Gasteiger partial charge in [0, 0.05) is 51.2 Å². The summed E-state index contributed by atoms with van der Waals surface area (Å²) in [7, 11) is 4.18. The summed E-state index contributed by atoms with van der Waals surface area (Å²) in [5.41, 5.74) is 0. The lowest BCUT2D eigenvalue weighted by Crippen LogP contribution is -2.50. The summed E-state index contributed by atoms with van der Waals surface area (Å²) >= 11 is 0. The molecule has 104 valence electrons. The zero-order chi connectivity index (χ0) is 12.8. The van der Waals surface area contributed by atoms with E-state index in [1.54, 1.807) is 0 Å². The van der Waals surface area contributed by atoms with E-state index in [0.29, 0.717) is 17.9 Å². The van der Waals surface area contributed by atoms with Crippen LogP contribution in [-0.4, -0.2) is 71.0 Å². The average Bonchev–Trinajstić information content (AvgIpc) is 2.85. The molecule has 0 aromatic carbocycles. The monoisotopic (exact) mass is 254 g/mol. The highest BCUT2D eigenvalue weighted by Gasteiger charge is 2.34. The van der Waals surface area contributed by atoms with E-state index in [1.807, 2.05) is 7.05 Å². The molecule has 0 saturated carbocycles. The molecule has 0 aromatic heterocycles. The minimum absolute atomic E-state index is 0.391. The molecule has 18 heavy (non-hydrogen) atoms. The fourth-order valence-electron chi connectivity index (χ4n) is 2.80. The Bertz CT molecular complexity index is 263. The molecule has 2 atom stereocenters. The number of rotatable bonds is 6. The van der Waals surface area contributed by atoms with Gasteiger partial charge in [-0.15, -0.1) is 0 Å². The molecule has 3 N–H and O–H groups in total. The second-order valence-electron chi connectivity index (χ2n) is 5.40. The van der Waals surface area contributed by atoms with Gasteiger partial charge in [-0.05, 0) is 14.1 Å². The molecule has 0 radical (unpaired) electrons. The van der Waals surface area contributed by atoms with Crippen molar-refractivity contribution in [3.05, 3.63) is 0 Å². The van der Waals surface area contributed by atoms with Crippen molar-refractivity contribution in [2.24, 2.45) is 22.1 Å². The van der Waals surface area contributed by atoms with Gasteiger partial charge in [0.2, 0.25) is 0 Å². The summed E-state index contributed by atoms with van der Waals surface area (Å²) in [5, 5.41) is 18.7. The van der Waals surface area contributed by atoms with E-state index in [2.05, 4.69) is 38.1 Å². The molecule has 2 rings (SSSR count). The van der Waals surface area contributed by atoms with Crippen LogP contribution in [-0.2, 0) is 0 Å². The third-order valence-corrected chi connectivity index (χ3v) is 3.85. The average molecular weight is 254 g/mol. The van der Waals surface area contributed by atoms with Crippen LogP contribution in [0.4, 0.5) is 0 Å². The van der Waals surface area contributed by atoms with Gasteiger partial charge in [0.05, 0.1) is 12.6 Å². The summed E-state index contributed by atoms with van der Waals surface area (Å²) in [6.45, 7) is 7.16. The van der Waals surface area contributed by atoms with Crippen LogP contribution in [0.25, 0.3) is 0 Å². The molecule has 2 unspecified atom stereocenters. The highest BCUT2D eigenvalue weighted by Crippen LogP contribution is 2.24. The van der Waals surface area contributed by atoms with Crippen LogP contribution >= 0.6 is 0 Å². The maximum absolute atomic E-state index is 4.48. The minimum Gasteiger partial charge on any atom is -0.318 e. The Hall–Kier alpha value is -0.560. The van der Waals surface area contributed by atoms with Gasteiger partial charge in [-0.3, -0.25) is 0 Å². The van der Waals surface area contributed by atoms with Gasteiger partial charge in [-0.2, -0.15) is 10.2 Å². The standard InChI is InChI=1S/C12H26N6/c1-13-3-4-18(2)8-11-7-16-17-12(11)10-5-14-9-15-6-10/h10-15H,3-9H2,1-2H3. The third kappa shape index (κ3) is 3.71. The first-order valence-corrected chi connectivity index (χ1v) is 6.92. The van der Waals surface area contributed by atoms with Crippen molar-refractivity contribution in [1.82, 2.24) is 20.9 Å². The Morgan fingerprint density at radius 1 is 1.33 bits per heavy atom. The fourth-order valence-corrected chi connectivity index (χ4v) is 2.80. The topological polar surface area (TPSA) is 64.0 Å². The van der Waals surface area contributed by atoms with E-state index in [1.165, 1.54) is 0 Å². The van der Waals surface area contributed by atoms with Crippen LogP contribution < -0.4 is 16.0 Å². The van der Waals surface area contributed by atoms with Crippen LogP contribution in [0.5, 0.6) is 0 Å². The lowest BCUT2D eigenvalue weighted by atomic mass is 9.88. The van der Waals surface area contributed by atoms with Crippen molar-refractivity contribution in [2.75, 3.05) is 60.0 Å². The molecule has 6 nitrogen and oxygen atoms in total. The van der Waals surface area contributed by atoms with Crippen molar-refractivity contribution in [3.63, 3.8) is 0 Å². The zero-order valence-electron chi connectivity index (χ0n) is 11.5. The highest BCUT2D eigenvalue weighted by molar-refractivity contribution is 4.91. The van der Waals surface area contributed by atoms with E-state index in [0.717, 1.165) is 45.9 Å². The molecular formula is C12H26N6. The Labute approximate surface area is 110 Å². The Balaban J connectivity index is 1.80. The number of nitrogens with one attached hydrogen (secondary N) is 3. The molecule has 0 aromatic rings. The molecule has 1 saturated heterocycles. The van der Waals surface area contributed by atoms with Gasteiger partial charge in [-0.1, -0.05) is 0 Å². The molecule has 1 fully saturated rings. The number of azo groups is 1. The van der Waals surface area contributed by atoms with E-state index >= 15 is 0 Å². The maximum Gasteiger partial charge on any atom is 0.0819 e. The van der Waals surface area contributed by atoms with Gasteiger partial charge in [-0.25, -0.2) is 0 Å². The summed E-state index contributed by atoms with van der Waals surface area (Å²) in [4.78, 5) is 2.38. The molecule has 0 aliphatic carbocycles. The first kappa shape index (κ1) is 13.9. The Morgan fingerprint density at radius 3 is 2.83 bits per heavy atom. The molecule has 0 bridgehead atoms. The van der Waals surface area contributed by atoms with Crippen molar-refractivity contribution >= 4 is 0 Å². The summed E-state index contributed by atoms with van der Waals surface area (Å²) in [6.07, 6.45) is 0. The number of hydrogen-bond donors (Lipinski definition) is 3. The van der Waals surface area contributed by atoms with Crippen LogP contribution in [0.1, 0.15) is 0 Å². The van der Waals surface area contributed by atoms with Gasteiger partial charge < -0.3 is 20.9 Å².